The van der Waals surface area contributed by atoms with Crippen LogP contribution in [-0.2, 0) is 4.79 Å². The lowest BCUT2D eigenvalue weighted by molar-refractivity contribution is -0.123. The normalized spacial score (nSPS) is 15.0. The first-order valence-electron chi connectivity index (χ1n) is 10.7. The van der Waals surface area contributed by atoms with Crippen LogP contribution >= 0.6 is 22.9 Å². The zero-order chi connectivity index (χ0) is 23.4. The minimum Gasteiger partial charge on any atom is -0.395 e. The molecule has 3 amide bonds. The zero-order valence-electron chi connectivity index (χ0n) is 17.9. The molecule has 0 bridgehead atoms. The number of hydrogen-bond donors (Lipinski definition) is 3. The average Bonchev–Trinajstić information content (AvgIpc) is 3.48. The highest BCUT2D eigenvalue weighted by Crippen LogP contribution is 2.35. The van der Waals surface area contributed by atoms with Crippen molar-refractivity contribution in [1.29, 1.82) is 0 Å². The molecule has 0 saturated heterocycles. The summed E-state index contributed by atoms with van der Waals surface area (Å²) in [5, 5.41) is 5.03. The Morgan fingerprint density at radius 3 is 2.39 bits per heavy atom. The van der Waals surface area contributed by atoms with Crippen molar-refractivity contribution in [2.45, 2.75) is 44.2 Å². The molecule has 2 aromatic heterocycles. The zero-order valence-corrected chi connectivity index (χ0v) is 19.5. The number of carbonyl (C=O) groups excluding carboxylic acids is 3. The number of nitrogen functional groups attached to an aromatic ring is 1. The van der Waals surface area contributed by atoms with E-state index in [0.29, 0.717) is 5.69 Å². The van der Waals surface area contributed by atoms with Crippen molar-refractivity contribution in [3.05, 3.63) is 63.3 Å². The third-order valence-electron chi connectivity index (χ3n) is 5.68. The van der Waals surface area contributed by atoms with Gasteiger partial charge in [0.1, 0.15) is 4.88 Å². The van der Waals surface area contributed by atoms with E-state index in [1.807, 2.05) is 23.6 Å². The van der Waals surface area contributed by atoms with Gasteiger partial charge in [0.2, 0.25) is 5.91 Å². The van der Waals surface area contributed by atoms with Crippen LogP contribution in [0.3, 0.4) is 0 Å². The maximum atomic E-state index is 13.8. The number of nitrogens with zero attached hydrogens (tertiary/aromatic N) is 2. The highest BCUT2D eigenvalue weighted by atomic mass is 32.1. The molecule has 3 aromatic rings. The number of primary amides is 1. The summed E-state index contributed by atoms with van der Waals surface area (Å²) in [7, 11) is 0. The smallest absolute Gasteiger partial charge is 0.273 e. The molecule has 1 aliphatic rings. The molecule has 8 nitrogen and oxygen atoms in total. The summed E-state index contributed by atoms with van der Waals surface area (Å²) >= 11 is 2.20. The first kappa shape index (κ1) is 22.9. The van der Waals surface area contributed by atoms with Gasteiger partial charge in [-0.05, 0) is 48.0 Å². The summed E-state index contributed by atoms with van der Waals surface area (Å²) in [5.41, 5.74) is 11.7. The van der Waals surface area contributed by atoms with Crippen LogP contribution in [0, 0.1) is 0 Å². The van der Waals surface area contributed by atoms with E-state index in [9.17, 15) is 14.4 Å². The fourth-order valence-electron chi connectivity index (χ4n) is 4.06. The van der Waals surface area contributed by atoms with Crippen LogP contribution in [0.4, 0.5) is 11.4 Å². The molecule has 1 aromatic carbocycles. The summed E-state index contributed by atoms with van der Waals surface area (Å²) in [6.07, 6.45) is 5.16. The van der Waals surface area contributed by atoms with Crippen molar-refractivity contribution in [2.24, 2.45) is 5.73 Å². The second-order valence-electron chi connectivity index (χ2n) is 7.91. The molecule has 10 heteroatoms. The highest BCUT2D eigenvalue weighted by molar-refractivity contribution is 7.10. The second-order valence-corrected chi connectivity index (χ2v) is 9.66. The Kier molecular flexibility index (Phi) is 7.05. The quantitative estimate of drug-likeness (QED) is 0.471. The van der Waals surface area contributed by atoms with E-state index in [1.165, 1.54) is 22.7 Å². The number of rotatable bonds is 7. The van der Waals surface area contributed by atoms with Gasteiger partial charge in [-0.2, -0.15) is 4.37 Å². The van der Waals surface area contributed by atoms with E-state index in [0.717, 1.165) is 42.1 Å². The van der Waals surface area contributed by atoms with Gasteiger partial charge in [-0.1, -0.05) is 43.5 Å². The number of nitrogens with two attached hydrogens (primary N) is 2. The van der Waals surface area contributed by atoms with Gasteiger partial charge in [0.05, 0.1) is 5.69 Å². The number of carbonyl (C=O) groups is 3. The third kappa shape index (κ3) is 4.91. The van der Waals surface area contributed by atoms with Gasteiger partial charge in [0.15, 0.2) is 11.7 Å². The number of aromatic nitrogens is 1. The fourth-order valence-corrected chi connectivity index (χ4v) is 5.61. The Morgan fingerprint density at radius 2 is 1.79 bits per heavy atom. The Morgan fingerprint density at radius 1 is 1.06 bits per heavy atom. The fraction of sp³-hybridized carbons (Fsp3) is 0.304. The number of thiophene rings is 1. The summed E-state index contributed by atoms with van der Waals surface area (Å²) in [6.45, 7) is 0. The predicted octanol–water partition coefficient (Wildman–Crippen LogP) is 3.72. The average molecular weight is 484 g/mol. The Bertz CT molecular complexity index is 1120. The van der Waals surface area contributed by atoms with E-state index >= 15 is 0 Å². The third-order valence-corrected chi connectivity index (χ3v) is 7.46. The number of amides is 3. The summed E-state index contributed by atoms with van der Waals surface area (Å²) in [4.78, 5) is 41.3. The largest absolute Gasteiger partial charge is 0.395 e. The topological polar surface area (TPSA) is 131 Å². The van der Waals surface area contributed by atoms with Crippen LogP contribution in [0.2, 0.25) is 0 Å². The van der Waals surface area contributed by atoms with Gasteiger partial charge in [-0.15, -0.1) is 11.3 Å². The van der Waals surface area contributed by atoms with E-state index in [2.05, 4.69) is 9.69 Å². The molecule has 1 fully saturated rings. The van der Waals surface area contributed by atoms with Crippen molar-refractivity contribution in [3.8, 4) is 0 Å². The maximum absolute atomic E-state index is 13.8. The lowest BCUT2D eigenvalue weighted by Gasteiger charge is -2.32. The maximum Gasteiger partial charge on any atom is 0.273 e. The molecule has 0 spiro atoms. The summed E-state index contributed by atoms with van der Waals surface area (Å²) < 4.78 is 3.97. The molecule has 33 heavy (non-hydrogen) atoms. The molecule has 5 N–H and O–H groups in total. The minimum absolute atomic E-state index is 0.0691. The first-order valence-corrected chi connectivity index (χ1v) is 12.4. The number of para-hydroxylation sites is 1. The second kappa shape index (κ2) is 10.1. The molecule has 2 heterocycles. The number of anilines is 2. The van der Waals surface area contributed by atoms with Crippen LogP contribution in [0.1, 0.15) is 63.2 Å². The van der Waals surface area contributed by atoms with Crippen molar-refractivity contribution in [3.63, 3.8) is 0 Å². The van der Waals surface area contributed by atoms with Crippen LogP contribution < -0.4 is 21.7 Å². The Balaban J connectivity index is 1.77. The lowest BCUT2D eigenvalue weighted by atomic mass is 9.95. The van der Waals surface area contributed by atoms with E-state index in [4.69, 9.17) is 11.5 Å². The predicted molar refractivity (Wildman–Crippen MR) is 130 cm³/mol. The van der Waals surface area contributed by atoms with Crippen molar-refractivity contribution in [1.82, 2.24) is 9.69 Å². The lowest BCUT2D eigenvalue weighted by Crippen LogP contribution is -2.47. The molecular weight excluding hydrogens is 458 g/mol. The van der Waals surface area contributed by atoms with E-state index in [1.54, 1.807) is 24.3 Å². The molecule has 0 aliphatic heterocycles. The monoisotopic (exact) mass is 483 g/mol. The van der Waals surface area contributed by atoms with Crippen molar-refractivity contribution < 1.29 is 14.4 Å². The van der Waals surface area contributed by atoms with E-state index < -0.39 is 17.9 Å². The van der Waals surface area contributed by atoms with Crippen LogP contribution in [0.25, 0.3) is 0 Å². The molecule has 0 radical (unpaired) electrons. The molecule has 4 rings (SSSR count). The van der Waals surface area contributed by atoms with E-state index in [-0.39, 0.29) is 28.2 Å². The van der Waals surface area contributed by atoms with Gasteiger partial charge in [0, 0.05) is 16.6 Å². The van der Waals surface area contributed by atoms with Gasteiger partial charge < -0.3 is 16.8 Å². The molecule has 1 atom stereocenters. The number of hydrogen-bond acceptors (Lipinski definition) is 7. The molecule has 1 aliphatic carbocycles. The van der Waals surface area contributed by atoms with Crippen molar-refractivity contribution >= 4 is 52.0 Å². The molecule has 1 unspecified atom stereocenters. The standard InChI is InChI=1S/C23H25N5O3S2/c24-17-18(21(25)29)27-33-20(17)23(31)28(15-10-5-2-6-11-15)19(16-12-7-13-32-16)22(30)26-14-8-3-1-4-9-14/h2,5-7,10-14,19H,1,3-4,8-9,24H2,(H2,25,29)(H,26,30). The molecule has 172 valence electrons. The van der Waals surface area contributed by atoms with Crippen LogP contribution in [0.15, 0.2) is 47.8 Å². The number of benzene rings is 1. The molecular formula is C23H25N5O3S2. The Hall–Kier alpha value is -3.24. The summed E-state index contributed by atoms with van der Waals surface area (Å²) in [6, 6.07) is 11.8. The summed E-state index contributed by atoms with van der Waals surface area (Å²) in [5.74, 6) is -1.57. The Labute approximate surface area is 199 Å². The van der Waals surface area contributed by atoms with Gasteiger partial charge >= 0.3 is 0 Å². The van der Waals surface area contributed by atoms with Gasteiger partial charge in [-0.3, -0.25) is 19.3 Å². The van der Waals surface area contributed by atoms with Crippen molar-refractivity contribution in [2.75, 3.05) is 10.6 Å². The first-order chi connectivity index (χ1) is 16.0. The SMILES string of the molecule is NC(=O)c1nsc(C(=O)N(c2ccccc2)C(C(=O)NC2CCCCC2)c2cccs2)c1N. The minimum atomic E-state index is -0.902. The highest BCUT2D eigenvalue weighted by Gasteiger charge is 2.37. The number of nitrogens with one attached hydrogen (secondary N) is 1. The van der Waals surface area contributed by atoms with Crippen LogP contribution in [-0.4, -0.2) is 28.1 Å². The van der Waals surface area contributed by atoms with Gasteiger partial charge in [0.25, 0.3) is 11.8 Å². The van der Waals surface area contributed by atoms with Gasteiger partial charge in [-0.25, -0.2) is 0 Å². The van der Waals surface area contributed by atoms with Crippen LogP contribution in [0.5, 0.6) is 0 Å². The molecule has 1 saturated carbocycles.